The Morgan fingerprint density at radius 2 is 2.20 bits per heavy atom. The molecule has 1 aromatic rings. The summed E-state index contributed by atoms with van der Waals surface area (Å²) in [4.78, 5) is 1.10. The zero-order chi connectivity index (χ0) is 10.9. The number of thiophene rings is 1. The Morgan fingerprint density at radius 1 is 1.53 bits per heavy atom. The minimum absolute atomic E-state index is 0.293. The summed E-state index contributed by atoms with van der Waals surface area (Å²) in [5.74, 6) is -0.579. The Labute approximate surface area is 102 Å². The van der Waals surface area contributed by atoms with E-state index in [1.165, 1.54) is 0 Å². The van der Waals surface area contributed by atoms with Crippen molar-refractivity contribution in [3.8, 4) is 0 Å². The van der Waals surface area contributed by atoms with Crippen LogP contribution in [0.15, 0.2) is 15.9 Å². The van der Waals surface area contributed by atoms with E-state index in [4.69, 9.17) is 9.47 Å². The predicted molar refractivity (Wildman–Crippen MR) is 64.1 cm³/mol. The lowest BCUT2D eigenvalue weighted by atomic mass is 10.2. The minimum atomic E-state index is -0.579. The number of hydrogen-bond donors (Lipinski definition) is 1. The van der Waals surface area contributed by atoms with Crippen LogP contribution in [0.2, 0.25) is 0 Å². The van der Waals surface area contributed by atoms with Crippen LogP contribution >= 0.6 is 27.3 Å². The Bertz CT molecular complexity index is 334. The third kappa shape index (κ3) is 2.42. The van der Waals surface area contributed by atoms with Crippen LogP contribution in [0.25, 0.3) is 0 Å². The summed E-state index contributed by atoms with van der Waals surface area (Å²) in [7, 11) is 1.92. The molecule has 0 spiro atoms. The lowest BCUT2D eigenvalue weighted by Crippen LogP contribution is -2.47. The molecule has 15 heavy (non-hydrogen) atoms. The van der Waals surface area contributed by atoms with Crippen LogP contribution in [0.1, 0.15) is 11.8 Å². The molecule has 0 aromatic carbocycles. The largest absolute Gasteiger partial charge is 0.344 e. The summed E-state index contributed by atoms with van der Waals surface area (Å²) in [6, 6.07) is 2.34. The zero-order valence-electron chi connectivity index (χ0n) is 8.75. The highest BCUT2D eigenvalue weighted by Crippen LogP contribution is 2.35. The number of nitrogens with one attached hydrogen (secondary N) is 1. The second-order valence-corrected chi connectivity index (χ2v) is 5.51. The Morgan fingerprint density at radius 3 is 2.67 bits per heavy atom. The second kappa shape index (κ2) is 4.51. The SMILES string of the molecule is CNC1COC(C)(c2cc(Br)cs2)OC1. The third-order valence-electron chi connectivity index (χ3n) is 2.54. The van der Waals surface area contributed by atoms with E-state index in [1.54, 1.807) is 11.3 Å². The molecule has 1 saturated heterocycles. The lowest BCUT2D eigenvalue weighted by Gasteiger charge is -2.36. The normalized spacial score (nSPS) is 31.8. The van der Waals surface area contributed by atoms with E-state index < -0.39 is 5.79 Å². The monoisotopic (exact) mass is 291 g/mol. The first-order valence-electron chi connectivity index (χ1n) is 4.84. The molecular weight excluding hydrogens is 278 g/mol. The molecule has 0 amide bonds. The first-order chi connectivity index (χ1) is 7.14. The van der Waals surface area contributed by atoms with Crippen LogP contribution in [0.4, 0.5) is 0 Å². The van der Waals surface area contributed by atoms with Crippen molar-refractivity contribution in [2.45, 2.75) is 18.8 Å². The smallest absolute Gasteiger partial charge is 0.201 e. The molecule has 1 N–H and O–H groups in total. The van der Waals surface area contributed by atoms with Crippen LogP contribution in [0, 0.1) is 0 Å². The van der Waals surface area contributed by atoms with Gasteiger partial charge in [-0.15, -0.1) is 11.3 Å². The van der Waals surface area contributed by atoms with E-state index >= 15 is 0 Å². The summed E-state index contributed by atoms with van der Waals surface area (Å²) in [6.45, 7) is 3.34. The zero-order valence-corrected chi connectivity index (χ0v) is 11.2. The van der Waals surface area contributed by atoms with E-state index in [0.717, 1.165) is 9.35 Å². The molecule has 1 aliphatic heterocycles. The van der Waals surface area contributed by atoms with Gasteiger partial charge >= 0.3 is 0 Å². The molecule has 0 unspecified atom stereocenters. The molecule has 0 radical (unpaired) electrons. The average molecular weight is 292 g/mol. The van der Waals surface area contributed by atoms with Crippen molar-refractivity contribution >= 4 is 27.3 Å². The van der Waals surface area contributed by atoms with Crippen LogP contribution in [0.5, 0.6) is 0 Å². The standard InChI is InChI=1S/C10H14BrNO2S/c1-10(9-3-7(11)6-15-9)13-4-8(12-2)5-14-10/h3,6,8,12H,4-5H2,1-2H3. The number of likely N-dealkylation sites (N-methyl/N-ethyl adjacent to an activating group) is 1. The van der Waals surface area contributed by atoms with Gasteiger partial charge in [-0.05, 0) is 36.0 Å². The molecule has 5 heteroatoms. The number of ether oxygens (including phenoxy) is 2. The first kappa shape index (κ1) is 11.5. The van der Waals surface area contributed by atoms with Gasteiger partial charge in [0.2, 0.25) is 5.79 Å². The van der Waals surface area contributed by atoms with Crippen molar-refractivity contribution in [2.75, 3.05) is 20.3 Å². The van der Waals surface area contributed by atoms with Gasteiger partial charge in [0, 0.05) is 9.85 Å². The van der Waals surface area contributed by atoms with E-state index in [1.807, 2.05) is 25.4 Å². The molecule has 0 aliphatic carbocycles. The molecule has 2 rings (SSSR count). The summed E-state index contributed by atoms with van der Waals surface area (Å²) in [5.41, 5.74) is 0. The molecule has 1 fully saturated rings. The van der Waals surface area contributed by atoms with E-state index in [-0.39, 0.29) is 0 Å². The Balaban J connectivity index is 2.09. The van der Waals surface area contributed by atoms with E-state index in [9.17, 15) is 0 Å². The highest BCUT2D eigenvalue weighted by atomic mass is 79.9. The minimum Gasteiger partial charge on any atom is -0.344 e. The van der Waals surface area contributed by atoms with Crippen molar-refractivity contribution in [3.63, 3.8) is 0 Å². The second-order valence-electron chi connectivity index (χ2n) is 3.68. The fourth-order valence-corrected chi connectivity index (χ4v) is 2.96. The first-order valence-corrected chi connectivity index (χ1v) is 6.51. The quantitative estimate of drug-likeness (QED) is 0.907. The average Bonchev–Trinajstić information content (AvgIpc) is 2.67. The van der Waals surface area contributed by atoms with Crippen molar-refractivity contribution < 1.29 is 9.47 Å². The summed E-state index contributed by atoms with van der Waals surface area (Å²) < 4.78 is 12.6. The number of hydrogen-bond acceptors (Lipinski definition) is 4. The highest BCUT2D eigenvalue weighted by molar-refractivity contribution is 9.10. The van der Waals surface area contributed by atoms with Gasteiger partial charge < -0.3 is 14.8 Å². The van der Waals surface area contributed by atoms with Gasteiger partial charge in [-0.25, -0.2) is 0 Å². The van der Waals surface area contributed by atoms with Gasteiger partial charge in [0.15, 0.2) is 0 Å². The van der Waals surface area contributed by atoms with Crippen molar-refractivity contribution in [1.29, 1.82) is 0 Å². The van der Waals surface area contributed by atoms with Gasteiger partial charge in [0.1, 0.15) is 0 Å². The molecule has 1 aliphatic rings. The topological polar surface area (TPSA) is 30.5 Å². The predicted octanol–water partition coefficient (Wildman–Crippen LogP) is 2.32. The maximum Gasteiger partial charge on any atom is 0.201 e. The molecule has 0 atom stereocenters. The fourth-order valence-electron chi connectivity index (χ4n) is 1.47. The van der Waals surface area contributed by atoms with E-state index in [0.29, 0.717) is 19.3 Å². The van der Waals surface area contributed by atoms with Crippen molar-refractivity contribution in [1.82, 2.24) is 5.32 Å². The highest BCUT2D eigenvalue weighted by Gasteiger charge is 2.35. The molecule has 84 valence electrons. The summed E-state index contributed by atoms with van der Waals surface area (Å²) in [6.07, 6.45) is 0. The number of rotatable bonds is 2. The van der Waals surface area contributed by atoms with Crippen LogP contribution in [0.3, 0.4) is 0 Å². The van der Waals surface area contributed by atoms with Gasteiger partial charge in [-0.1, -0.05) is 0 Å². The molecule has 2 heterocycles. The van der Waals surface area contributed by atoms with Crippen molar-refractivity contribution in [2.24, 2.45) is 0 Å². The maximum atomic E-state index is 5.77. The molecule has 0 saturated carbocycles. The van der Waals surface area contributed by atoms with Crippen LogP contribution in [-0.2, 0) is 15.3 Å². The maximum absolute atomic E-state index is 5.77. The summed E-state index contributed by atoms with van der Waals surface area (Å²) in [5, 5.41) is 5.18. The van der Waals surface area contributed by atoms with Gasteiger partial charge in [-0.3, -0.25) is 0 Å². The molecule has 0 bridgehead atoms. The van der Waals surface area contributed by atoms with Crippen LogP contribution < -0.4 is 5.32 Å². The van der Waals surface area contributed by atoms with Gasteiger partial charge in [-0.2, -0.15) is 0 Å². The Kier molecular flexibility index (Phi) is 3.47. The lowest BCUT2D eigenvalue weighted by molar-refractivity contribution is -0.270. The third-order valence-corrected chi connectivity index (χ3v) is 4.42. The molecular formula is C10H14BrNO2S. The number of halogens is 1. The molecule has 3 nitrogen and oxygen atoms in total. The summed E-state index contributed by atoms with van der Waals surface area (Å²) >= 11 is 5.08. The molecule has 1 aromatic heterocycles. The van der Waals surface area contributed by atoms with Crippen molar-refractivity contribution in [3.05, 3.63) is 20.8 Å². The van der Waals surface area contributed by atoms with Crippen LogP contribution in [-0.4, -0.2) is 26.3 Å². The fraction of sp³-hybridized carbons (Fsp3) is 0.600. The van der Waals surface area contributed by atoms with Gasteiger partial charge in [0.25, 0.3) is 0 Å². The van der Waals surface area contributed by atoms with E-state index in [2.05, 4.69) is 21.2 Å². The Hall–Kier alpha value is 0.0600. The van der Waals surface area contributed by atoms with Gasteiger partial charge in [0.05, 0.1) is 24.1 Å².